The summed E-state index contributed by atoms with van der Waals surface area (Å²) in [5.74, 6) is -5.04. The highest BCUT2D eigenvalue weighted by molar-refractivity contribution is 5.94. The molecule has 0 radical (unpaired) electrons. The summed E-state index contributed by atoms with van der Waals surface area (Å²) in [4.78, 5) is 57.9. The number of primary amides is 2. The number of hydrogen-bond donors (Lipinski definition) is 7. The number of carbonyl (C=O) groups excluding carboxylic acids is 4. The Balaban J connectivity index is 3.00. The van der Waals surface area contributed by atoms with Gasteiger partial charge in [-0.05, 0) is 17.7 Å². The Bertz CT molecular complexity index is 781. The van der Waals surface area contributed by atoms with Crippen molar-refractivity contribution in [1.29, 1.82) is 0 Å². The molecule has 158 valence electrons. The first-order valence-corrected chi connectivity index (χ1v) is 8.43. The van der Waals surface area contributed by atoms with E-state index >= 15 is 0 Å². The van der Waals surface area contributed by atoms with Gasteiger partial charge in [0, 0.05) is 6.42 Å². The first-order valence-electron chi connectivity index (χ1n) is 8.43. The standard InChI is InChI=1S/C17H23N5O7/c18-10(6-13(19)24)15(26)21-11(5-8-1-3-9(23)4-2-8)16(27)22-12(17(28)29)7-14(20)25/h1-4,10-12,23H,5-7,18H2,(H2,19,24)(H2,20,25)(H,21,26)(H,22,27)(H,28,29)/t10-,11+,12-/m1/s1. The van der Waals surface area contributed by atoms with Crippen LogP contribution < -0.4 is 27.8 Å². The molecule has 0 heterocycles. The van der Waals surface area contributed by atoms with E-state index in [1.807, 2.05) is 0 Å². The van der Waals surface area contributed by atoms with Gasteiger partial charge in [-0.3, -0.25) is 19.2 Å². The lowest BCUT2D eigenvalue weighted by molar-refractivity contribution is -0.143. The topological polar surface area (TPSA) is 228 Å². The number of nitrogens with two attached hydrogens (primary N) is 3. The Morgan fingerprint density at radius 1 is 0.862 bits per heavy atom. The second-order valence-electron chi connectivity index (χ2n) is 6.28. The highest BCUT2D eigenvalue weighted by Gasteiger charge is 2.29. The van der Waals surface area contributed by atoms with Crippen molar-refractivity contribution < 1.29 is 34.2 Å². The van der Waals surface area contributed by atoms with Crippen LogP contribution in [0.2, 0.25) is 0 Å². The summed E-state index contributed by atoms with van der Waals surface area (Å²) in [6.45, 7) is 0. The van der Waals surface area contributed by atoms with E-state index in [4.69, 9.17) is 22.3 Å². The average Bonchev–Trinajstić information content (AvgIpc) is 2.61. The van der Waals surface area contributed by atoms with Crippen LogP contribution in [0.5, 0.6) is 5.75 Å². The maximum atomic E-state index is 12.6. The van der Waals surface area contributed by atoms with Crippen LogP contribution in [0.3, 0.4) is 0 Å². The largest absolute Gasteiger partial charge is 0.508 e. The predicted molar refractivity (Wildman–Crippen MR) is 98.9 cm³/mol. The van der Waals surface area contributed by atoms with E-state index in [1.165, 1.54) is 24.3 Å². The minimum atomic E-state index is -1.60. The van der Waals surface area contributed by atoms with Gasteiger partial charge in [0.15, 0.2) is 0 Å². The molecule has 29 heavy (non-hydrogen) atoms. The first-order chi connectivity index (χ1) is 13.5. The van der Waals surface area contributed by atoms with Crippen LogP contribution in [0, 0.1) is 0 Å². The maximum absolute atomic E-state index is 12.6. The Kier molecular flexibility index (Phi) is 8.55. The average molecular weight is 409 g/mol. The van der Waals surface area contributed by atoms with Crippen molar-refractivity contribution in [3.05, 3.63) is 29.8 Å². The molecule has 10 N–H and O–H groups in total. The summed E-state index contributed by atoms with van der Waals surface area (Å²) >= 11 is 0. The molecule has 4 amide bonds. The minimum absolute atomic E-state index is 0.0188. The molecule has 1 aromatic rings. The molecule has 0 bridgehead atoms. The normalized spacial score (nSPS) is 13.6. The van der Waals surface area contributed by atoms with Crippen LogP contribution in [0.4, 0.5) is 0 Å². The number of amides is 4. The zero-order valence-electron chi connectivity index (χ0n) is 15.3. The number of benzene rings is 1. The molecular formula is C17H23N5O7. The third-order valence-electron chi connectivity index (χ3n) is 3.79. The van der Waals surface area contributed by atoms with Gasteiger partial charge in [0.2, 0.25) is 23.6 Å². The van der Waals surface area contributed by atoms with E-state index in [0.29, 0.717) is 5.56 Å². The molecule has 0 saturated carbocycles. The molecular weight excluding hydrogens is 386 g/mol. The number of carbonyl (C=O) groups is 5. The van der Waals surface area contributed by atoms with Gasteiger partial charge in [-0.2, -0.15) is 0 Å². The maximum Gasteiger partial charge on any atom is 0.326 e. The van der Waals surface area contributed by atoms with Crippen LogP contribution in [-0.4, -0.2) is 57.9 Å². The van der Waals surface area contributed by atoms with Crippen molar-refractivity contribution in [2.45, 2.75) is 37.4 Å². The molecule has 0 saturated heterocycles. The quantitative estimate of drug-likeness (QED) is 0.199. The molecule has 1 aromatic carbocycles. The molecule has 0 spiro atoms. The third-order valence-corrected chi connectivity index (χ3v) is 3.79. The fourth-order valence-corrected chi connectivity index (χ4v) is 2.34. The van der Waals surface area contributed by atoms with Gasteiger partial charge in [-0.15, -0.1) is 0 Å². The van der Waals surface area contributed by atoms with Crippen LogP contribution in [-0.2, 0) is 30.4 Å². The lowest BCUT2D eigenvalue weighted by Crippen LogP contribution is -2.56. The van der Waals surface area contributed by atoms with Crippen molar-refractivity contribution in [3.8, 4) is 5.75 Å². The fraction of sp³-hybridized carbons (Fsp3) is 0.353. The highest BCUT2D eigenvalue weighted by atomic mass is 16.4. The van der Waals surface area contributed by atoms with Gasteiger partial charge in [-0.1, -0.05) is 12.1 Å². The SMILES string of the molecule is NC(=O)C[C@@H](N)C(=O)N[C@@H](Cc1ccc(O)cc1)C(=O)N[C@H](CC(N)=O)C(=O)O. The van der Waals surface area contributed by atoms with Crippen molar-refractivity contribution in [2.75, 3.05) is 0 Å². The van der Waals surface area contributed by atoms with E-state index in [0.717, 1.165) is 0 Å². The number of nitrogens with one attached hydrogen (secondary N) is 2. The fourth-order valence-electron chi connectivity index (χ4n) is 2.34. The Morgan fingerprint density at radius 3 is 1.86 bits per heavy atom. The number of carboxylic acids is 1. The molecule has 0 fully saturated rings. The van der Waals surface area contributed by atoms with E-state index < -0.39 is 60.6 Å². The molecule has 1 rings (SSSR count). The molecule has 0 aliphatic carbocycles. The van der Waals surface area contributed by atoms with E-state index in [-0.39, 0.29) is 12.2 Å². The molecule has 12 heteroatoms. The zero-order chi connectivity index (χ0) is 22.1. The number of rotatable bonds is 11. The summed E-state index contributed by atoms with van der Waals surface area (Å²) in [5.41, 5.74) is 16.1. The summed E-state index contributed by atoms with van der Waals surface area (Å²) in [7, 11) is 0. The minimum Gasteiger partial charge on any atom is -0.508 e. The molecule has 0 unspecified atom stereocenters. The highest BCUT2D eigenvalue weighted by Crippen LogP contribution is 2.12. The predicted octanol–water partition coefficient (Wildman–Crippen LogP) is -2.93. The van der Waals surface area contributed by atoms with Gasteiger partial charge >= 0.3 is 5.97 Å². The van der Waals surface area contributed by atoms with Crippen molar-refractivity contribution in [3.63, 3.8) is 0 Å². The second-order valence-corrected chi connectivity index (χ2v) is 6.28. The third kappa shape index (κ3) is 8.26. The van der Waals surface area contributed by atoms with Crippen molar-refractivity contribution in [1.82, 2.24) is 10.6 Å². The van der Waals surface area contributed by atoms with Crippen molar-refractivity contribution in [2.24, 2.45) is 17.2 Å². The Hall–Kier alpha value is -3.67. The van der Waals surface area contributed by atoms with Gasteiger partial charge in [-0.25, -0.2) is 4.79 Å². The summed E-state index contributed by atoms with van der Waals surface area (Å²) < 4.78 is 0. The number of hydrogen-bond acceptors (Lipinski definition) is 7. The number of carboxylic acid groups (broad SMARTS) is 1. The van der Waals surface area contributed by atoms with Crippen molar-refractivity contribution >= 4 is 29.6 Å². The zero-order valence-corrected chi connectivity index (χ0v) is 15.3. The molecule has 0 aromatic heterocycles. The van der Waals surface area contributed by atoms with E-state index in [9.17, 15) is 29.1 Å². The van der Waals surface area contributed by atoms with Crippen LogP contribution >= 0.6 is 0 Å². The number of phenols is 1. The summed E-state index contributed by atoms with van der Waals surface area (Å²) in [6.07, 6.45) is -1.20. The Morgan fingerprint density at radius 2 is 1.38 bits per heavy atom. The summed E-state index contributed by atoms with van der Waals surface area (Å²) in [6, 6.07) is 1.49. The molecule has 0 aliphatic heterocycles. The number of aromatic hydroxyl groups is 1. The van der Waals surface area contributed by atoms with E-state index in [1.54, 1.807) is 0 Å². The van der Waals surface area contributed by atoms with E-state index in [2.05, 4.69) is 10.6 Å². The smallest absolute Gasteiger partial charge is 0.326 e. The molecule has 12 nitrogen and oxygen atoms in total. The second kappa shape index (κ2) is 10.6. The lowest BCUT2D eigenvalue weighted by Gasteiger charge is -2.22. The van der Waals surface area contributed by atoms with Crippen LogP contribution in [0.25, 0.3) is 0 Å². The molecule has 3 atom stereocenters. The number of phenolic OH excluding ortho intramolecular Hbond substituents is 1. The summed E-state index contributed by atoms with van der Waals surface area (Å²) in [5, 5.41) is 22.9. The van der Waals surface area contributed by atoms with Crippen LogP contribution in [0.15, 0.2) is 24.3 Å². The van der Waals surface area contributed by atoms with Gasteiger partial charge < -0.3 is 38.0 Å². The number of aliphatic carboxylic acids is 1. The monoisotopic (exact) mass is 409 g/mol. The lowest BCUT2D eigenvalue weighted by atomic mass is 10.0. The van der Waals surface area contributed by atoms with Crippen LogP contribution in [0.1, 0.15) is 18.4 Å². The first kappa shape index (κ1) is 23.4. The van der Waals surface area contributed by atoms with Gasteiger partial charge in [0.1, 0.15) is 17.8 Å². The molecule has 0 aliphatic rings. The van der Waals surface area contributed by atoms with Gasteiger partial charge in [0.05, 0.1) is 18.9 Å². The van der Waals surface area contributed by atoms with Gasteiger partial charge in [0.25, 0.3) is 0 Å². The Labute approximate surface area is 165 Å².